The number of halogens is 1. The standard InChI is InChI=1S/C23H21IN8O2S/c24-17-11-35-10-16(17)15-4-2-1-3-12(15)8-25-21-29-19-13(7-18-20(33)30-23(34)28-18)9-26-32(19)22(31-21)27-14-5-6-14/h1-4,7,9-10,14,17,33H,5-6,8,11H2,(H,25,27,31)(H2,28,30,34). The number of aromatic hydroxyl groups is 1. The number of hydrogen-bond donors (Lipinski definition) is 4. The lowest BCUT2D eigenvalue weighted by Gasteiger charge is -2.14. The minimum absolute atomic E-state index is 0.241. The summed E-state index contributed by atoms with van der Waals surface area (Å²) in [6, 6.07) is 8.63. The van der Waals surface area contributed by atoms with Crippen molar-refractivity contribution in [3.8, 4) is 5.88 Å². The molecule has 1 atom stereocenters. The van der Waals surface area contributed by atoms with E-state index in [0.717, 1.165) is 18.6 Å². The zero-order valence-corrected chi connectivity index (χ0v) is 21.4. The average Bonchev–Trinajstić information content (AvgIpc) is 3.26. The highest BCUT2D eigenvalue weighted by Gasteiger charge is 2.22. The largest absolute Gasteiger partial charge is 0.493 e. The highest BCUT2D eigenvalue weighted by Crippen LogP contribution is 2.37. The van der Waals surface area contributed by atoms with Crippen molar-refractivity contribution in [2.75, 3.05) is 11.1 Å². The second-order valence-electron chi connectivity index (χ2n) is 8.41. The molecule has 4 N–H and O–H groups in total. The van der Waals surface area contributed by atoms with Crippen LogP contribution in [-0.2, 0) is 6.54 Å². The second-order valence-corrected chi connectivity index (χ2v) is 10.8. The highest BCUT2D eigenvalue weighted by molar-refractivity contribution is 14.1. The summed E-state index contributed by atoms with van der Waals surface area (Å²) < 4.78 is 2.07. The summed E-state index contributed by atoms with van der Waals surface area (Å²) in [6.45, 7) is 0.555. The Bertz CT molecular complexity index is 1640. The Labute approximate surface area is 216 Å². The molecular weight excluding hydrogens is 579 g/mol. The van der Waals surface area contributed by atoms with E-state index < -0.39 is 5.69 Å². The van der Waals surface area contributed by atoms with E-state index in [1.807, 2.05) is 17.8 Å². The molecule has 6 rings (SSSR count). The molecule has 3 aromatic heterocycles. The SMILES string of the molecule is O=c1[nH]c(O)c(C=c2cnn3c(=NC4CC4)nc(NCc4ccccc4C4=CSCC4I)nc23)[nH]1. The molecule has 0 amide bonds. The molecule has 1 aliphatic heterocycles. The number of anilines is 1. The fourth-order valence-electron chi connectivity index (χ4n) is 3.91. The van der Waals surface area contributed by atoms with Crippen molar-refractivity contribution in [2.24, 2.45) is 4.99 Å². The summed E-state index contributed by atoms with van der Waals surface area (Å²) >= 11 is 4.35. The van der Waals surface area contributed by atoms with Gasteiger partial charge in [0.25, 0.3) is 5.62 Å². The first-order chi connectivity index (χ1) is 17.0. The van der Waals surface area contributed by atoms with Crippen molar-refractivity contribution in [1.29, 1.82) is 0 Å². The molecule has 0 spiro atoms. The first-order valence-electron chi connectivity index (χ1n) is 11.2. The summed E-state index contributed by atoms with van der Waals surface area (Å²) in [5.74, 6) is 1.29. The van der Waals surface area contributed by atoms with Gasteiger partial charge < -0.3 is 15.4 Å². The lowest BCUT2D eigenvalue weighted by Crippen LogP contribution is -2.25. The van der Waals surface area contributed by atoms with Gasteiger partial charge in [0, 0.05) is 21.4 Å². The van der Waals surface area contributed by atoms with Gasteiger partial charge in [-0.15, -0.1) is 11.8 Å². The van der Waals surface area contributed by atoms with E-state index in [4.69, 9.17) is 9.98 Å². The Morgan fingerprint density at radius 1 is 1.29 bits per heavy atom. The molecule has 4 aromatic rings. The fourth-order valence-corrected chi connectivity index (χ4v) is 6.21. The number of alkyl halides is 1. The number of H-pyrrole nitrogens is 2. The van der Waals surface area contributed by atoms with Crippen LogP contribution in [0, 0.1) is 0 Å². The molecule has 1 aliphatic carbocycles. The molecule has 0 bridgehead atoms. The Morgan fingerprint density at radius 2 is 2.14 bits per heavy atom. The van der Waals surface area contributed by atoms with Gasteiger partial charge in [-0.2, -0.15) is 19.6 Å². The van der Waals surface area contributed by atoms with Gasteiger partial charge in [-0.1, -0.05) is 46.9 Å². The first kappa shape index (κ1) is 22.3. The van der Waals surface area contributed by atoms with E-state index in [-0.39, 0.29) is 17.6 Å². The quantitative estimate of drug-likeness (QED) is 0.196. The minimum atomic E-state index is -0.491. The van der Waals surface area contributed by atoms with Crippen LogP contribution in [0.1, 0.15) is 29.7 Å². The maximum Gasteiger partial charge on any atom is 0.326 e. The Morgan fingerprint density at radius 3 is 2.89 bits per heavy atom. The van der Waals surface area contributed by atoms with Crippen molar-refractivity contribution in [2.45, 2.75) is 29.4 Å². The van der Waals surface area contributed by atoms with Crippen molar-refractivity contribution in [3.63, 3.8) is 0 Å². The van der Waals surface area contributed by atoms with Crippen molar-refractivity contribution in [1.82, 2.24) is 29.5 Å². The molecule has 35 heavy (non-hydrogen) atoms. The van der Waals surface area contributed by atoms with Crippen molar-refractivity contribution >= 4 is 57.6 Å². The summed E-state index contributed by atoms with van der Waals surface area (Å²) in [6.07, 6.45) is 5.30. The van der Waals surface area contributed by atoms with Crippen LogP contribution in [0.25, 0.3) is 17.3 Å². The topological polar surface area (TPSA) is 136 Å². The third kappa shape index (κ3) is 4.59. The zero-order chi connectivity index (χ0) is 23.9. The van der Waals surface area contributed by atoms with Crippen LogP contribution in [0.5, 0.6) is 5.88 Å². The normalized spacial score (nSPS) is 19.0. The van der Waals surface area contributed by atoms with Crippen molar-refractivity contribution < 1.29 is 5.11 Å². The predicted molar refractivity (Wildman–Crippen MR) is 143 cm³/mol. The van der Waals surface area contributed by atoms with Gasteiger partial charge in [0.15, 0.2) is 5.65 Å². The maximum atomic E-state index is 11.5. The van der Waals surface area contributed by atoms with E-state index in [0.29, 0.717) is 32.9 Å². The van der Waals surface area contributed by atoms with Gasteiger partial charge in [0.05, 0.1) is 12.2 Å². The lowest BCUT2D eigenvalue weighted by atomic mass is 9.99. The Hall–Kier alpha value is -3.13. The maximum absolute atomic E-state index is 11.5. The van der Waals surface area contributed by atoms with E-state index >= 15 is 0 Å². The summed E-state index contributed by atoms with van der Waals surface area (Å²) in [7, 11) is 0. The molecule has 2 aliphatic rings. The third-order valence-electron chi connectivity index (χ3n) is 5.81. The number of fused-ring (bicyclic) bond motifs is 1. The van der Waals surface area contributed by atoms with Crippen molar-refractivity contribution in [3.05, 3.63) is 74.0 Å². The van der Waals surface area contributed by atoms with Gasteiger partial charge in [-0.25, -0.2) is 9.79 Å². The van der Waals surface area contributed by atoms with Gasteiger partial charge >= 0.3 is 5.69 Å². The number of benzene rings is 1. The predicted octanol–water partition coefficient (Wildman–Crippen LogP) is 1.96. The molecule has 10 nitrogen and oxygen atoms in total. The second kappa shape index (κ2) is 9.15. The van der Waals surface area contributed by atoms with Crippen LogP contribution in [0.2, 0.25) is 0 Å². The number of nitrogens with zero attached hydrogens (tertiary/aromatic N) is 5. The van der Waals surface area contributed by atoms with Crippen LogP contribution in [-0.4, -0.2) is 50.4 Å². The van der Waals surface area contributed by atoms with E-state index in [1.54, 1.807) is 16.8 Å². The van der Waals surface area contributed by atoms with E-state index in [2.05, 4.69) is 71.6 Å². The molecule has 1 fully saturated rings. The summed E-state index contributed by atoms with van der Waals surface area (Å²) in [4.78, 5) is 30.5. The Balaban J connectivity index is 1.39. The number of imidazole rings is 1. The molecule has 0 saturated heterocycles. The average molecular weight is 600 g/mol. The molecule has 1 aromatic carbocycles. The molecule has 0 radical (unpaired) electrons. The van der Waals surface area contributed by atoms with Crippen LogP contribution >= 0.6 is 34.4 Å². The minimum Gasteiger partial charge on any atom is -0.493 e. The summed E-state index contributed by atoms with van der Waals surface area (Å²) in [5, 5.41) is 20.6. The smallest absolute Gasteiger partial charge is 0.326 e. The highest BCUT2D eigenvalue weighted by atomic mass is 127. The first-order valence-corrected chi connectivity index (χ1v) is 13.4. The molecule has 4 heterocycles. The van der Waals surface area contributed by atoms with Crippen LogP contribution < -0.4 is 21.8 Å². The summed E-state index contributed by atoms with van der Waals surface area (Å²) in [5.41, 5.74) is 4.52. The van der Waals surface area contributed by atoms with Gasteiger partial charge in [-0.3, -0.25) is 4.98 Å². The van der Waals surface area contributed by atoms with Gasteiger partial charge in [-0.05, 0) is 41.0 Å². The monoisotopic (exact) mass is 600 g/mol. The van der Waals surface area contributed by atoms with Gasteiger partial charge in [0.1, 0.15) is 5.69 Å². The van der Waals surface area contributed by atoms with E-state index in [1.165, 1.54) is 16.7 Å². The molecule has 178 valence electrons. The molecular formula is C23H21IN8O2S. The zero-order valence-electron chi connectivity index (χ0n) is 18.4. The van der Waals surface area contributed by atoms with Gasteiger partial charge in [0.2, 0.25) is 11.8 Å². The number of hydrogen-bond acceptors (Lipinski definition) is 8. The number of thioether (sulfide) groups is 1. The number of allylic oxidation sites excluding steroid dienone is 1. The Kier molecular flexibility index (Phi) is 5.84. The lowest BCUT2D eigenvalue weighted by molar-refractivity contribution is 0.454. The molecule has 1 unspecified atom stereocenters. The third-order valence-corrected chi connectivity index (χ3v) is 8.47. The number of rotatable bonds is 6. The molecule has 12 heteroatoms. The number of aromatic amines is 2. The number of nitrogens with one attached hydrogen (secondary N) is 3. The number of aromatic nitrogens is 6. The van der Waals surface area contributed by atoms with Crippen LogP contribution in [0.3, 0.4) is 0 Å². The van der Waals surface area contributed by atoms with Crippen LogP contribution in [0.15, 0.2) is 45.7 Å². The van der Waals surface area contributed by atoms with Crippen LogP contribution in [0.4, 0.5) is 5.95 Å². The molecule has 1 saturated carbocycles. The van der Waals surface area contributed by atoms with E-state index in [9.17, 15) is 9.90 Å². The fraction of sp³-hybridized carbons (Fsp3) is 0.261.